The first-order chi connectivity index (χ1) is 14.0. The zero-order valence-electron chi connectivity index (χ0n) is 17.5. The van der Waals surface area contributed by atoms with Crippen LogP contribution in [0.1, 0.15) is 40.9 Å². The van der Waals surface area contributed by atoms with Crippen LogP contribution in [0.15, 0.2) is 36.4 Å². The van der Waals surface area contributed by atoms with Gasteiger partial charge >= 0.3 is 0 Å². The molecule has 4 rings (SSSR count). The van der Waals surface area contributed by atoms with E-state index >= 15 is 0 Å². The van der Waals surface area contributed by atoms with Gasteiger partial charge in [-0.2, -0.15) is 0 Å². The van der Waals surface area contributed by atoms with Crippen molar-refractivity contribution in [2.45, 2.75) is 38.4 Å². The smallest absolute Gasteiger partial charge is 0.252 e. The van der Waals surface area contributed by atoms with Gasteiger partial charge < -0.3 is 25.0 Å². The Morgan fingerprint density at radius 3 is 2.62 bits per heavy atom. The standard InChI is InChI=1S/C23H29N3O3/c1-14-5-7-18(26-13-17-10-19(26)12-24-17)11-20(14)23(27)25-15(2)16-6-8-21(28-3)22(9-16)29-4/h5-9,11,15,17,19,24H,10,12-13H2,1-4H3,(H,25,27)/t15-,17+,19+/m1/s1. The van der Waals surface area contributed by atoms with Crippen LogP contribution in [0.4, 0.5) is 5.69 Å². The number of benzene rings is 2. The molecule has 29 heavy (non-hydrogen) atoms. The van der Waals surface area contributed by atoms with Crippen molar-refractivity contribution in [1.29, 1.82) is 0 Å². The lowest BCUT2D eigenvalue weighted by molar-refractivity contribution is 0.0939. The van der Waals surface area contributed by atoms with Gasteiger partial charge in [-0.05, 0) is 55.7 Å². The zero-order chi connectivity index (χ0) is 20.5. The summed E-state index contributed by atoms with van der Waals surface area (Å²) >= 11 is 0. The fourth-order valence-corrected chi connectivity index (χ4v) is 4.39. The molecule has 2 heterocycles. The SMILES string of the molecule is COc1ccc([C@@H](C)NC(=O)c2cc(N3C[C@@H]4C[C@H]3CN4)ccc2C)cc1OC. The number of methoxy groups -OCH3 is 2. The minimum atomic E-state index is -0.155. The second kappa shape index (κ2) is 7.95. The lowest BCUT2D eigenvalue weighted by Crippen LogP contribution is -2.43. The van der Waals surface area contributed by atoms with Crippen LogP contribution >= 0.6 is 0 Å². The van der Waals surface area contributed by atoms with Gasteiger partial charge in [-0.25, -0.2) is 0 Å². The van der Waals surface area contributed by atoms with Crippen LogP contribution in [0.3, 0.4) is 0 Å². The van der Waals surface area contributed by atoms with Crippen molar-refractivity contribution in [3.05, 3.63) is 53.1 Å². The molecule has 2 aliphatic rings. The van der Waals surface area contributed by atoms with Crippen LogP contribution in [0.25, 0.3) is 0 Å². The molecule has 154 valence electrons. The predicted octanol–water partition coefficient (Wildman–Crippen LogP) is 3.05. The van der Waals surface area contributed by atoms with Crippen molar-refractivity contribution in [3.63, 3.8) is 0 Å². The summed E-state index contributed by atoms with van der Waals surface area (Å²) in [7, 11) is 3.22. The Labute approximate surface area is 172 Å². The van der Waals surface area contributed by atoms with Crippen LogP contribution in [-0.2, 0) is 0 Å². The van der Waals surface area contributed by atoms with Crippen molar-refractivity contribution in [1.82, 2.24) is 10.6 Å². The van der Waals surface area contributed by atoms with E-state index in [0.717, 1.165) is 35.5 Å². The van der Waals surface area contributed by atoms with E-state index in [9.17, 15) is 4.79 Å². The molecular weight excluding hydrogens is 366 g/mol. The highest BCUT2D eigenvalue weighted by atomic mass is 16.5. The minimum Gasteiger partial charge on any atom is -0.493 e. The van der Waals surface area contributed by atoms with Crippen LogP contribution in [0.2, 0.25) is 0 Å². The van der Waals surface area contributed by atoms with Gasteiger partial charge in [0.05, 0.1) is 20.3 Å². The molecule has 1 amide bonds. The van der Waals surface area contributed by atoms with Crippen LogP contribution < -0.4 is 25.0 Å². The van der Waals surface area contributed by atoms with E-state index < -0.39 is 0 Å². The topological polar surface area (TPSA) is 62.8 Å². The van der Waals surface area contributed by atoms with E-state index in [1.165, 1.54) is 6.42 Å². The highest BCUT2D eigenvalue weighted by Crippen LogP contribution is 2.32. The van der Waals surface area contributed by atoms with Crippen molar-refractivity contribution in [2.24, 2.45) is 0 Å². The number of nitrogens with one attached hydrogen (secondary N) is 2. The maximum absolute atomic E-state index is 13.1. The van der Waals surface area contributed by atoms with Gasteiger partial charge in [-0.3, -0.25) is 4.79 Å². The third-order valence-electron chi connectivity index (χ3n) is 6.11. The lowest BCUT2D eigenvalue weighted by Gasteiger charge is -2.30. The van der Waals surface area contributed by atoms with Crippen LogP contribution in [0, 0.1) is 6.92 Å². The Morgan fingerprint density at radius 2 is 1.97 bits per heavy atom. The number of carbonyl (C=O) groups is 1. The summed E-state index contributed by atoms with van der Waals surface area (Å²) in [6, 6.07) is 12.9. The number of rotatable bonds is 6. The van der Waals surface area contributed by atoms with Gasteiger partial charge in [0.1, 0.15) is 0 Å². The Bertz CT molecular complexity index is 914. The van der Waals surface area contributed by atoms with Crippen molar-refractivity contribution in [2.75, 3.05) is 32.2 Å². The maximum atomic E-state index is 13.1. The van der Waals surface area contributed by atoms with E-state index in [-0.39, 0.29) is 11.9 Å². The third-order valence-corrected chi connectivity index (χ3v) is 6.11. The Hall–Kier alpha value is -2.73. The van der Waals surface area contributed by atoms with Crippen LogP contribution in [0.5, 0.6) is 11.5 Å². The average molecular weight is 396 g/mol. The van der Waals surface area contributed by atoms with Gasteiger partial charge in [0.15, 0.2) is 11.5 Å². The van der Waals surface area contributed by atoms with Gasteiger partial charge in [0.2, 0.25) is 0 Å². The molecule has 6 heteroatoms. The molecule has 2 bridgehead atoms. The summed E-state index contributed by atoms with van der Waals surface area (Å²) in [6.45, 7) is 5.99. The Balaban J connectivity index is 1.51. The first-order valence-electron chi connectivity index (χ1n) is 10.1. The number of piperazine rings is 1. The molecule has 2 saturated heterocycles. The second-order valence-corrected chi connectivity index (χ2v) is 7.96. The number of aryl methyl sites for hydroxylation is 1. The van der Waals surface area contributed by atoms with Gasteiger partial charge in [0.25, 0.3) is 5.91 Å². The van der Waals surface area contributed by atoms with E-state index in [4.69, 9.17) is 9.47 Å². The lowest BCUT2D eigenvalue weighted by atomic mass is 10.0. The molecule has 2 N–H and O–H groups in total. The molecule has 0 aliphatic carbocycles. The van der Waals surface area contributed by atoms with E-state index in [2.05, 4.69) is 21.6 Å². The number of amides is 1. The first-order valence-corrected chi connectivity index (χ1v) is 10.1. The monoisotopic (exact) mass is 395 g/mol. The fourth-order valence-electron chi connectivity index (χ4n) is 4.39. The predicted molar refractivity (Wildman–Crippen MR) is 114 cm³/mol. The summed E-state index contributed by atoms with van der Waals surface area (Å²) in [5.74, 6) is 1.27. The van der Waals surface area contributed by atoms with E-state index in [0.29, 0.717) is 23.6 Å². The molecule has 6 nitrogen and oxygen atoms in total. The average Bonchev–Trinajstić information content (AvgIpc) is 3.37. The number of ether oxygens (including phenoxy) is 2. The quantitative estimate of drug-likeness (QED) is 0.787. The summed E-state index contributed by atoms with van der Waals surface area (Å²) < 4.78 is 10.7. The van der Waals surface area contributed by atoms with Gasteiger partial charge in [0, 0.05) is 36.4 Å². The van der Waals surface area contributed by atoms with Crippen molar-refractivity contribution in [3.8, 4) is 11.5 Å². The maximum Gasteiger partial charge on any atom is 0.252 e. The molecule has 2 aromatic carbocycles. The molecule has 2 aliphatic heterocycles. The first kappa shape index (κ1) is 19.6. The molecule has 2 fully saturated rings. The van der Waals surface area contributed by atoms with Crippen molar-refractivity contribution >= 4 is 11.6 Å². The number of carbonyl (C=O) groups excluding carboxylic acids is 1. The Kier molecular flexibility index (Phi) is 5.37. The molecule has 3 atom stereocenters. The summed E-state index contributed by atoms with van der Waals surface area (Å²) in [5, 5.41) is 6.65. The fraction of sp³-hybridized carbons (Fsp3) is 0.435. The highest BCUT2D eigenvalue weighted by Gasteiger charge is 2.37. The number of anilines is 1. The minimum absolute atomic E-state index is 0.0610. The molecular formula is C23H29N3O3. The molecule has 0 saturated carbocycles. The molecule has 2 aromatic rings. The summed E-state index contributed by atoms with van der Waals surface area (Å²) in [6.07, 6.45) is 1.19. The highest BCUT2D eigenvalue weighted by molar-refractivity contribution is 5.97. The second-order valence-electron chi connectivity index (χ2n) is 7.96. The van der Waals surface area contributed by atoms with Gasteiger partial charge in [-0.15, -0.1) is 0 Å². The summed E-state index contributed by atoms with van der Waals surface area (Å²) in [5.41, 5.74) is 3.81. The molecule has 0 radical (unpaired) electrons. The molecule has 0 unspecified atom stereocenters. The number of fused-ring (bicyclic) bond motifs is 2. The normalized spacial score (nSPS) is 21.2. The molecule has 0 spiro atoms. The van der Waals surface area contributed by atoms with E-state index in [1.807, 2.05) is 44.2 Å². The largest absolute Gasteiger partial charge is 0.493 e. The van der Waals surface area contributed by atoms with Gasteiger partial charge in [-0.1, -0.05) is 12.1 Å². The third kappa shape index (κ3) is 3.77. The number of hydrogen-bond acceptors (Lipinski definition) is 5. The summed E-state index contributed by atoms with van der Waals surface area (Å²) in [4.78, 5) is 15.5. The Morgan fingerprint density at radius 1 is 1.17 bits per heavy atom. The van der Waals surface area contributed by atoms with Crippen LogP contribution in [-0.4, -0.2) is 45.3 Å². The van der Waals surface area contributed by atoms with E-state index in [1.54, 1.807) is 14.2 Å². The number of hydrogen-bond donors (Lipinski definition) is 2. The zero-order valence-corrected chi connectivity index (χ0v) is 17.5. The number of nitrogens with zero attached hydrogens (tertiary/aromatic N) is 1. The van der Waals surface area contributed by atoms with Crippen molar-refractivity contribution < 1.29 is 14.3 Å². The molecule has 0 aromatic heterocycles.